The lowest BCUT2D eigenvalue weighted by molar-refractivity contribution is -0.128. The summed E-state index contributed by atoms with van der Waals surface area (Å²) in [5.41, 5.74) is 4.24. The number of allylic oxidation sites excluding steroid dienone is 4. The largest absolute Gasteiger partial charge is 0.493 e. The van der Waals surface area contributed by atoms with Gasteiger partial charge in [-0.05, 0) is 87.1 Å². The lowest BCUT2D eigenvalue weighted by Crippen LogP contribution is -2.50. The van der Waals surface area contributed by atoms with Gasteiger partial charge in [0.2, 0.25) is 30.0 Å². The van der Waals surface area contributed by atoms with Crippen molar-refractivity contribution in [3.63, 3.8) is 0 Å². The highest BCUT2D eigenvalue weighted by Gasteiger charge is 2.45. The van der Waals surface area contributed by atoms with Gasteiger partial charge in [0.25, 0.3) is 5.91 Å². The fourth-order valence-corrected chi connectivity index (χ4v) is 9.34. The molecule has 0 saturated heterocycles. The van der Waals surface area contributed by atoms with Gasteiger partial charge in [-0.1, -0.05) is 36.4 Å². The van der Waals surface area contributed by atoms with Crippen LogP contribution >= 0.6 is 12.6 Å². The molecular weight excluding hydrogens is 1160 g/mol. The van der Waals surface area contributed by atoms with Crippen LogP contribution in [0.4, 0.5) is 21.9 Å². The van der Waals surface area contributed by atoms with Gasteiger partial charge < -0.3 is 78.8 Å². The molecule has 476 valence electrons. The molecule has 0 spiro atoms. The summed E-state index contributed by atoms with van der Waals surface area (Å²) in [6, 6.07) is 10.9. The smallest absolute Gasteiger partial charge is 0.416 e. The second kappa shape index (κ2) is 36.1. The molecule has 26 heteroatoms. The van der Waals surface area contributed by atoms with E-state index in [9.17, 15) is 38.7 Å². The molecule has 88 heavy (non-hydrogen) atoms. The predicted molar refractivity (Wildman–Crippen MR) is 330 cm³/mol. The first-order valence-electron chi connectivity index (χ1n) is 28.8. The van der Waals surface area contributed by atoms with Crippen LogP contribution in [0.1, 0.15) is 67.9 Å². The summed E-state index contributed by atoms with van der Waals surface area (Å²) < 4.78 is 51.2. The molecule has 5 N–H and O–H groups in total. The van der Waals surface area contributed by atoms with Crippen molar-refractivity contribution in [1.29, 1.82) is 0 Å². The maximum Gasteiger partial charge on any atom is 0.416 e. The third kappa shape index (κ3) is 20.7. The monoisotopic (exact) mass is 1240 g/mol. The normalized spacial score (nSPS) is 16.6. The van der Waals surface area contributed by atoms with E-state index < -0.39 is 48.0 Å². The number of hydrogen-bond donors (Lipinski definition) is 6. The number of carbonyl (C=O) groups is 7. The van der Waals surface area contributed by atoms with Gasteiger partial charge in [0.05, 0.1) is 122 Å². The molecule has 3 aliphatic rings. The zero-order chi connectivity index (χ0) is 63.4. The lowest BCUT2D eigenvalue weighted by atomic mass is 10.1. The van der Waals surface area contributed by atoms with Crippen LogP contribution in [0.5, 0.6) is 23.0 Å². The molecule has 3 aromatic carbocycles. The summed E-state index contributed by atoms with van der Waals surface area (Å²) in [4.78, 5) is 98.2. The van der Waals surface area contributed by atoms with Crippen molar-refractivity contribution in [3.8, 4) is 23.0 Å². The number of aryl methyl sites for hydroxylation is 1. The average Bonchev–Trinajstić information content (AvgIpc) is 1.82. The fraction of sp³-hybridized carbons (Fsp3) is 0.452. The Balaban J connectivity index is 0.966. The van der Waals surface area contributed by atoms with Crippen molar-refractivity contribution in [2.45, 2.75) is 84.3 Å². The van der Waals surface area contributed by atoms with Gasteiger partial charge in [-0.3, -0.25) is 33.8 Å². The van der Waals surface area contributed by atoms with Crippen LogP contribution in [-0.2, 0) is 54.3 Å². The molecule has 3 aromatic rings. The number of aliphatic imine (C=N–C) groups is 1. The molecule has 0 saturated carbocycles. The van der Waals surface area contributed by atoms with Gasteiger partial charge in [-0.2, -0.15) is 12.6 Å². The quantitative estimate of drug-likeness (QED) is 0.0182. The summed E-state index contributed by atoms with van der Waals surface area (Å²) >= 11 is 3.88. The van der Waals surface area contributed by atoms with E-state index in [2.05, 4.69) is 33.9 Å². The number of ether oxygens (including phenoxy) is 9. The van der Waals surface area contributed by atoms with Crippen molar-refractivity contribution in [3.05, 3.63) is 113 Å². The Kier molecular flexibility index (Phi) is 28.3. The third-order valence-electron chi connectivity index (χ3n) is 13.7. The summed E-state index contributed by atoms with van der Waals surface area (Å²) in [6.07, 6.45) is 12.2. The summed E-state index contributed by atoms with van der Waals surface area (Å²) in [6.45, 7) is 9.72. The van der Waals surface area contributed by atoms with Crippen molar-refractivity contribution in [2.75, 3.05) is 109 Å². The van der Waals surface area contributed by atoms with Gasteiger partial charge in [0, 0.05) is 55.8 Å². The maximum atomic E-state index is 14.4. The number of anilines is 2. The number of carbonyl (C=O) groups excluding carboxylic acids is 7. The van der Waals surface area contributed by atoms with E-state index in [1.807, 2.05) is 51.1 Å². The maximum absolute atomic E-state index is 14.4. The minimum Gasteiger partial charge on any atom is -0.493 e. The van der Waals surface area contributed by atoms with E-state index in [-0.39, 0.29) is 92.9 Å². The van der Waals surface area contributed by atoms with Crippen LogP contribution < -0.4 is 45.1 Å². The molecule has 7 amide bonds. The molecule has 4 unspecified atom stereocenters. The summed E-state index contributed by atoms with van der Waals surface area (Å²) in [5, 5.41) is 22.5. The van der Waals surface area contributed by atoms with Crippen molar-refractivity contribution in [1.82, 2.24) is 25.8 Å². The first kappa shape index (κ1) is 68.8. The number of amides is 7. The summed E-state index contributed by atoms with van der Waals surface area (Å²) in [7, 11) is 2.97. The van der Waals surface area contributed by atoms with E-state index >= 15 is 0 Å². The minimum absolute atomic E-state index is 0.00484. The molecule has 6 rings (SSSR count). The number of nitrogens with zero attached hydrogens (tertiary/aromatic N) is 4. The van der Waals surface area contributed by atoms with Crippen molar-refractivity contribution >= 4 is 77.9 Å². The molecule has 0 fully saturated rings. The molecule has 4 atom stereocenters. The number of rotatable bonds is 36. The highest BCUT2D eigenvalue weighted by atomic mass is 32.1. The molecule has 0 aromatic heterocycles. The lowest BCUT2D eigenvalue weighted by Gasteiger charge is -2.31. The van der Waals surface area contributed by atoms with Crippen molar-refractivity contribution < 1.29 is 81.3 Å². The predicted octanol–water partition coefficient (Wildman–Crippen LogP) is 5.46. The van der Waals surface area contributed by atoms with E-state index in [4.69, 9.17) is 47.6 Å². The number of nitrogens with one attached hydrogen (secondary N) is 4. The number of hydrogen-bond acceptors (Lipinski definition) is 19. The number of aliphatic hydroxyl groups excluding tert-OH is 1. The molecule has 0 radical (unpaired) electrons. The Morgan fingerprint density at radius 2 is 1.39 bits per heavy atom. The minimum atomic E-state index is -1.57. The Labute approximate surface area is 517 Å². The third-order valence-corrected chi connectivity index (χ3v) is 14.0. The zero-order valence-corrected chi connectivity index (χ0v) is 51.4. The molecule has 3 heterocycles. The van der Waals surface area contributed by atoms with Gasteiger partial charge in [0.1, 0.15) is 12.6 Å². The second-order valence-corrected chi connectivity index (χ2v) is 20.5. The highest BCUT2D eigenvalue weighted by Crippen LogP contribution is 2.42. The van der Waals surface area contributed by atoms with Crippen molar-refractivity contribution in [2.24, 2.45) is 4.99 Å². The van der Waals surface area contributed by atoms with Crippen LogP contribution in [0, 0.1) is 6.92 Å². The summed E-state index contributed by atoms with van der Waals surface area (Å²) in [5.74, 6) is -0.721. The van der Waals surface area contributed by atoms with Crippen LogP contribution in [-0.4, -0.2) is 187 Å². The topological polar surface area (TPSA) is 293 Å². The van der Waals surface area contributed by atoms with Crippen LogP contribution in [0.3, 0.4) is 0 Å². The van der Waals surface area contributed by atoms with E-state index in [1.54, 1.807) is 61.0 Å². The molecule has 0 aliphatic carbocycles. The van der Waals surface area contributed by atoms with Crippen LogP contribution in [0.25, 0.3) is 0 Å². The SMILES string of the molecule is C/C=C/C1=CN(C=O)C(/C=N\c2cc(OCCCOc3cc4c(cc3OC)C(=O)N3C=C(/C=C/C)CC3C(O)N4C(=O)OCc3ccc(NC(=O)C(C)NC(=O)CNC(=O)CCOCCOCCOCCOCCNC(=O)CS)cc3)c(OC)cc2C)C1. The number of methoxy groups -OCH3 is 2. The van der Waals surface area contributed by atoms with Gasteiger partial charge in [0.15, 0.2) is 29.2 Å². The number of thiol groups is 1. The molecular formula is C62H80N8O17S. The Morgan fingerprint density at radius 1 is 0.761 bits per heavy atom. The van der Waals surface area contributed by atoms with Gasteiger partial charge in [-0.15, -0.1) is 0 Å². The van der Waals surface area contributed by atoms with Crippen LogP contribution in [0.2, 0.25) is 0 Å². The fourth-order valence-electron chi connectivity index (χ4n) is 9.22. The van der Waals surface area contributed by atoms with Crippen LogP contribution in [0.15, 0.2) is 101 Å². The number of aliphatic hydroxyl groups is 1. The first-order chi connectivity index (χ1) is 42.6. The highest BCUT2D eigenvalue weighted by molar-refractivity contribution is 7.81. The first-order valence-corrected chi connectivity index (χ1v) is 29.5. The average molecular weight is 1240 g/mol. The van der Waals surface area contributed by atoms with E-state index in [0.717, 1.165) is 28.0 Å². The standard InChI is InChI=1S/C62H80N8O17S/c1-7-10-44-29-47(68(36-44)40-71)34-64-49-32-54(52(79-5)28-41(49)3)85-18-9-19-86-55-33-50-48(31-53(55)80-6)60(76)69-37-45(11-8-2)30-51(69)61(77)70(50)62(78)87-38-43-12-14-46(15-13-43)67-59(75)42(4)66-57(73)35-65-56(72)16-20-81-22-24-83-26-27-84-25-23-82-21-17-63-58(74)39-88/h7-8,10-15,28,31-34,36-37,40,42,47,51,61,77,88H,9,16-27,29-30,35,38-39H2,1-6H3,(H,63,74)(H,65,72)(H,66,73)(H,67,75)/b10-7+,11-8+,64-34-. The Morgan fingerprint density at radius 3 is 2.02 bits per heavy atom. The number of benzene rings is 3. The van der Waals surface area contributed by atoms with E-state index in [1.165, 1.54) is 31.1 Å². The Hall–Kier alpha value is -8.27. The van der Waals surface area contributed by atoms with Gasteiger partial charge in [-0.25, -0.2) is 9.69 Å². The Bertz CT molecular complexity index is 3030. The molecule has 3 aliphatic heterocycles. The van der Waals surface area contributed by atoms with E-state index in [0.29, 0.717) is 87.5 Å². The molecule has 25 nitrogen and oxygen atoms in total. The zero-order valence-electron chi connectivity index (χ0n) is 50.5. The van der Waals surface area contributed by atoms with Gasteiger partial charge >= 0.3 is 6.09 Å². The molecule has 0 bridgehead atoms. The number of fused-ring (bicyclic) bond motifs is 2. The second-order valence-electron chi connectivity index (χ2n) is 20.2.